The quantitative estimate of drug-likeness (QED) is 0.508. The van der Waals surface area contributed by atoms with Crippen LogP contribution in [0.1, 0.15) is 20.8 Å². The molecule has 100 valence electrons. The number of nitrogens with zero attached hydrogens (tertiary/aromatic N) is 1. The number of carbonyl (C=O) groups excluding carboxylic acids is 1. The van der Waals surface area contributed by atoms with Crippen molar-refractivity contribution in [3.05, 3.63) is 0 Å². The Balaban J connectivity index is 2.08. The number of esters is 1. The van der Waals surface area contributed by atoms with Crippen molar-refractivity contribution in [1.82, 2.24) is 4.90 Å². The fraction of sp³-hybridized carbons (Fsp3) is 0.917. The second-order valence-corrected chi connectivity index (χ2v) is 4.37. The molecule has 0 bridgehead atoms. The molecule has 1 heterocycles. The molecule has 1 aliphatic rings. The third-order valence-electron chi connectivity index (χ3n) is 2.57. The molecule has 2 atom stereocenters. The molecule has 5 nitrogen and oxygen atoms in total. The van der Waals surface area contributed by atoms with Gasteiger partial charge in [-0.05, 0) is 20.8 Å². The van der Waals surface area contributed by atoms with Gasteiger partial charge in [0.15, 0.2) is 0 Å². The molecule has 0 unspecified atom stereocenters. The molecule has 0 spiro atoms. The minimum atomic E-state index is -0.295. The molecule has 1 aliphatic heterocycles. The Labute approximate surface area is 103 Å². The number of hydrogen-bond acceptors (Lipinski definition) is 5. The van der Waals surface area contributed by atoms with Crippen molar-refractivity contribution in [3.8, 4) is 0 Å². The standard InChI is InChI=1S/C12H23NO4/c1-4-16-12(14)9-15-6-5-13-7-10(2)17-11(3)8-13/h10-11H,4-9H2,1-3H3/t10-,11+. The normalized spacial score (nSPS) is 25.8. The molecule has 1 fully saturated rings. The first-order valence-electron chi connectivity index (χ1n) is 6.23. The molecule has 0 aromatic heterocycles. The van der Waals surface area contributed by atoms with Gasteiger partial charge in [0, 0.05) is 19.6 Å². The van der Waals surface area contributed by atoms with Crippen LogP contribution in [-0.4, -0.2) is 62.5 Å². The van der Waals surface area contributed by atoms with Crippen molar-refractivity contribution in [1.29, 1.82) is 0 Å². The Morgan fingerprint density at radius 1 is 1.35 bits per heavy atom. The fourth-order valence-corrected chi connectivity index (χ4v) is 2.02. The lowest BCUT2D eigenvalue weighted by molar-refractivity contribution is -0.148. The fourth-order valence-electron chi connectivity index (χ4n) is 2.02. The van der Waals surface area contributed by atoms with Crippen LogP contribution in [0.5, 0.6) is 0 Å². The van der Waals surface area contributed by atoms with Gasteiger partial charge in [0.05, 0.1) is 25.4 Å². The Bertz CT molecular complexity index is 225. The molecule has 0 N–H and O–H groups in total. The number of rotatable bonds is 6. The summed E-state index contributed by atoms with van der Waals surface area (Å²) in [5.41, 5.74) is 0. The molecule has 17 heavy (non-hydrogen) atoms. The van der Waals surface area contributed by atoms with Crippen LogP contribution in [0.3, 0.4) is 0 Å². The molecule has 0 aliphatic carbocycles. The number of carbonyl (C=O) groups is 1. The molecule has 0 radical (unpaired) electrons. The van der Waals surface area contributed by atoms with Crippen molar-refractivity contribution >= 4 is 5.97 Å². The maximum Gasteiger partial charge on any atom is 0.332 e. The SMILES string of the molecule is CCOC(=O)COCCN1C[C@@H](C)O[C@@H](C)C1. The van der Waals surface area contributed by atoms with Crippen LogP contribution in [-0.2, 0) is 19.0 Å². The van der Waals surface area contributed by atoms with Crippen LogP contribution in [0.2, 0.25) is 0 Å². The topological polar surface area (TPSA) is 48.0 Å². The van der Waals surface area contributed by atoms with Gasteiger partial charge < -0.3 is 14.2 Å². The average Bonchev–Trinajstić information content (AvgIpc) is 2.23. The Morgan fingerprint density at radius 2 is 2.00 bits per heavy atom. The molecule has 5 heteroatoms. The van der Waals surface area contributed by atoms with Crippen LogP contribution in [0, 0.1) is 0 Å². The van der Waals surface area contributed by atoms with Gasteiger partial charge in [0.1, 0.15) is 6.61 Å². The summed E-state index contributed by atoms with van der Waals surface area (Å²) < 4.78 is 15.7. The van der Waals surface area contributed by atoms with E-state index >= 15 is 0 Å². The number of ether oxygens (including phenoxy) is 3. The van der Waals surface area contributed by atoms with Crippen molar-refractivity contribution < 1.29 is 19.0 Å². The summed E-state index contributed by atoms with van der Waals surface area (Å²) in [6.45, 7) is 9.61. The van der Waals surface area contributed by atoms with E-state index in [9.17, 15) is 4.79 Å². The molecule has 0 aromatic carbocycles. The van der Waals surface area contributed by atoms with Gasteiger partial charge in [-0.3, -0.25) is 4.90 Å². The zero-order valence-corrected chi connectivity index (χ0v) is 11.0. The number of morpholine rings is 1. The van der Waals surface area contributed by atoms with E-state index in [1.54, 1.807) is 6.92 Å². The third-order valence-corrected chi connectivity index (χ3v) is 2.57. The monoisotopic (exact) mass is 245 g/mol. The summed E-state index contributed by atoms with van der Waals surface area (Å²) in [6.07, 6.45) is 0.535. The maximum atomic E-state index is 11.0. The van der Waals surface area contributed by atoms with Crippen LogP contribution < -0.4 is 0 Å². The molecule has 0 amide bonds. The zero-order valence-electron chi connectivity index (χ0n) is 11.0. The van der Waals surface area contributed by atoms with Crippen LogP contribution >= 0.6 is 0 Å². The highest BCUT2D eigenvalue weighted by Gasteiger charge is 2.21. The van der Waals surface area contributed by atoms with Crippen molar-refractivity contribution in [2.45, 2.75) is 33.0 Å². The van der Waals surface area contributed by atoms with Gasteiger partial charge in [-0.25, -0.2) is 4.79 Å². The second-order valence-electron chi connectivity index (χ2n) is 4.37. The molecular formula is C12H23NO4. The summed E-state index contributed by atoms with van der Waals surface area (Å²) in [5, 5.41) is 0. The average molecular weight is 245 g/mol. The first kappa shape index (κ1) is 14.4. The molecular weight excluding hydrogens is 222 g/mol. The summed E-state index contributed by atoms with van der Waals surface area (Å²) >= 11 is 0. The van der Waals surface area contributed by atoms with Crippen molar-refractivity contribution in [2.24, 2.45) is 0 Å². The van der Waals surface area contributed by atoms with Gasteiger partial charge in [0.25, 0.3) is 0 Å². The summed E-state index contributed by atoms with van der Waals surface area (Å²) in [7, 11) is 0. The lowest BCUT2D eigenvalue weighted by Crippen LogP contribution is -2.46. The van der Waals surface area contributed by atoms with Crippen LogP contribution in [0.25, 0.3) is 0 Å². The first-order valence-corrected chi connectivity index (χ1v) is 6.23. The minimum absolute atomic E-state index is 0.0449. The second kappa shape index (κ2) is 7.63. The predicted octanol–water partition coefficient (Wildman–Crippen LogP) is 0.675. The van der Waals surface area contributed by atoms with E-state index < -0.39 is 0 Å². The lowest BCUT2D eigenvalue weighted by atomic mass is 10.2. The van der Waals surface area contributed by atoms with Gasteiger partial charge in [0.2, 0.25) is 0 Å². The highest BCUT2D eigenvalue weighted by atomic mass is 16.6. The van der Waals surface area contributed by atoms with E-state index in [0.717, 1.165) is 19.6 Å². The third kappa shape index (κ3) is 6.00. The molecule has 1 rings (SSSR count). The van der Waals surface area contributed by atoms with E-state index in [4.69, 9.17) is 14.2 Å². The highest BCUT2D eigenvalue weighted by molar-refractivity contribution is 5.70. The maximum absolute atomic E-state index is 11.0. The number of hydrogen-bond donors (Lipinski definition) is 0. The smallest absolute Gasteiger partial charge is 0.332 e. The predicted molar refractivity (Wildman–Crippen MR) is 63.9 cm³/mol. The summed E-state index contributed by atoms with van der Waals surface area (Å²) in [5.74, 6) is -0.295. The van der Waals surface area contributed by atoms with E-state index in [-0.39, 0.29) is 24.8 Å². The van der Waals surface area contributed by atoms with Gasteiger partial charge in [-0.15, -0.1) is 0 Å². The van der Waals surface area contributed by atoms with Crippen molar-refractivity contribution in [3.63, 3.8) is 0 Å². The van der Waals surface area contributed by atoms with Crippen LogP contribution in [0.15, 0.2) is 0 Å². The molecule has 0 aromatic rings. The summed E-state index contributed by atoms with van der Waals surface area (Å²) in [6, 6.07) is 0. The molecule has 1 saturated heterocycles. The molecule has 0 saturated carbocycles. The minimum Gasteiger partial charge on any atom is -0.464 e. The van der Waals surface area contributed by atoms with E-state index in [1.165, 1.54) is 0 Å². The van der Waals surface area contributed by atoms with Crippen molar-refractivity contribution in [2.75, 3.05) is 39.5 Å². The Kier molecular flexibility index (Phi) is 6.47. The Morgan fingerprint density at radius 3 is 2.59 bits per heavy atom. The lowest BCUT2D eigenvalue weighted by Gasteiger charge is -2.35. The van der Waals surface area contributed by atoms with Crippen LogP contribution in [0.4, 0.5) is 0 Å². The van der Waals surface area contributed by atoms with Gasteiger partial charge in [-0.2, -0.15) is 0 Å². The van der Waals surface area contributed by atoms with E-state index in [0.29, 0.717) is 13.2 Å². The van der Waals surface area contributed by atoms with E-state index in [1.807, 2.05) is 0 Å². The summed E-state index contributed by atoms with van der Waals surface area (Å²) in [4.78, 5) is 13.3. The van der Waals surface area contributed by atoms with Gasteiger partial charge in [-0.1, -0.05) is 0 Å². The Hall–Kier alpha value is -0.650. The van der Waals surface area contributed by atoms with Gasteiger partial charge >= 0.3 is 5.97 Å². The largest absolute Gasteiger partial charge is 0.464 e. The first-order chi connectivity index (χ1) is 8.11. The highest BCUT2D eigenvalue weighted by Crippen LogP contribution is 2.09. The zero-order chi connectivity index (χ0) is 12.7. The van der Waals surface area contributed by atoms with E-state index in [2.05, 4.69) is 18.7 Å².